The van der Waals surface area contributed by atoms with Gasteiger partial charge in [-0.25, -0.2) is 4.98 Å². The molecule has 0 aliphatic rings. The van der Waals surface area contributed by atoms with Crippen LogP contribution in [0, 0.1) is 4.77 Å². The zero-order valence-corrected chi connectivity index (χ0v) is 21.0. The molecule has 2 heterocycles. The number of halogens is 2. The fourth-order valence-corrected chi connectivity index (χ4v) is 4.48. The molecule has 1 N–H and O–H groups in total. The van der Waals surface area contributed by atoms with Crippen molar-refractivity contribution in [2.45, 2.75) is 0 Å². The number of aromatic amines is 1. The van der Waals surface area contributed by atoms with Crippen molar-refractivity contribution in [3.05, 3.63) is 103 Å². The van der Waals surface area contributed by atoms with Crippen molar-refractivity contribution in [3.63, 3.8) is 0 Å². The van der Waals surface area contributed by atoms with Gasteiger partial charge in [-0.15, -0.1) is 0 Å². The summed E-state index contributed by atoms with van der Waals surface area (Å²) in [5.41, 5.74) is 4.01. The summed E-state index contributed by atoms with van der Waals surface area (Å²) >= 11 is 15.2. The predicted octanol–water partition coefficient (Wildman–Crippen LogP) is 7.20. The van der Waals surface area contributed by atoms with E-state index in [1.165, 1.54) is 4.57 Å². The van der Waals surface area contributed by atoms with Crippen LogP contribution in [0.2, 0.25) is 5.02 Å². The van der Waals surface area contributed by atoms with Gasteiger partial charge in [0.1, 0.15) is 11.4 Å². The maximum Gasteiger partial charge on any atom is 0.269 e. The van der Waals surface area contributed by atoms with E-state index in [-0.39, 0.29) is 10.3 Å². The highest BCUT2D eigenvalue weighted by atomic mass is 79.9. The van der Waals surface area contributed by atoms with Crippen molar-refractivity contribution in [1.82, 2.24) is 14.5 Å². The Hall–Kier alpha value is -3.26. The first-order valence-electron chi connectivity index (χ1n) is 10.3. The predicted molar refractivity (Wildman–Crippen MR) is 143 cm³/mol. The van der Waals surface area contributed by atoms with E-state index in [4.69, 9.17) is 33.5 Å². The standard InChI is InChI=1S/C26H17BrClN3O2S/c1-33-20-12-10-19(11-13-20)31-25(32)23-21(15-4-8-18(28)9-5-15)14-22(29-24(23)30-26(31)34)16-2-6-17(27)7-3-16/h2-14H,1H3,(H,29,30,34). The molecule has 0 atom stereocenters. The van der Waals surface area contributed by atoms with Gasteiger partial charge in [-0.3, -0.25) is 9.36 Å². The third-order valence-electron chi connectivity index (χ3n) is 5.49. The molecule has 5 aromatic rings. The minimum Gasteiger partial charge on any atom is -0.497 e. The number of hydrogen-bond acceptors (Lipinski definition) is 4. The normalized spacial score (nSPS) is 11.0. The lowest BCUT2D eigenvalue weighted by molar-refractivity contribution is 0.414. The van der Waals surface area contributed by atoms with Crippen molar-refractivity contribution in [3.8, 4) is 33.8 Å². The summed E-state index contributed by atoms with van der Waals surface area (Å²) in [5.74, 6) is 0.690. The zero-order chi connectivity index (χ0) is 23.8. The summed E-state index contributed by atoms with van der Waals surface area (Å²) in [5, 5.41) is 1.05. The van der Waals surface area contributed by atoms with Crippen LogP contribution in [0.25, 0.3) is 39.1 Å². The Balaban J connectivity index is 1.83. The number of aromatic nitrogens is 3. The van der Waals surface area contributed by atoms with Gasteiger partial charge in [-0.2, -0.15) is 0 Å². The summed E-state index contributed by atoms with van der Waals surface area (Å²) in [6.45, 7) is 0. The van der Waals surface area contributed by atoms with Gasteiger partial charge in [0, 0.05) is 20.6 Å². The van der Waals surface area contributed by atoms with Crippen LogP contribution < -0.4 is 10.3 Å². The van der Waals surface area contributed by atoms with Crippen LogP contribution in [-0.4, -0.2) is 21.6 Å². The van der Waals surface area contributed by atoms with Crippen molar-refractivity contribution in [2.75, 3.05) is 7.11 Å². The van der Waals surface area contributed by atoms with E-state index in [9.17, 15) is 4.79 Å². The number of hydrogen-bond donors (Lipinski definition) is 1. The van der Waals surface area contributed by atoms with Gasteiger partial charge in [0.2, 0.25) is 0 Å². The summed E-state index contributed by atoms with van der Waals surface area (Å²) in [7, 11) is 1.59. The van der Waals surface area contributed by atoms with Gasteiger partial charge < -0.3 is 9.72 Å². The lowest BCUT2D eigenvalue weighted by Gasteiger charge is -2.13. The van der Waals surface area contributed by atoms with Crippen molar-refractivity contribution < 1.29 is 4.74 Å². The van der Waals surface area contributed by atoms with Crippen LogP contribution in [0.15, 0.2) is 88.1 Å². The molecule has 34 heavy (non-hydrogen) atoms. The van der Waals surface area contributed by atoms with Gasteiger partial charge in [-0.1, -0.05) is 51.8 Å². The highest BCUT2D eigenvalue weighted by molar-refractivity contribution is 9.10. The average molecular weight is 551 g/mol. The van der Waals surface area contributed by atoms with E-state index >= 15 is 0 Å². The topological polar surface area (TPSA) is 59.9 Å². The van der Waals surface area contributed by atoms with Crippen LogP contribution in [0.3, 0.4) is 0 Å². The summed E-state index contributed by atoms with van der Waals surface area (Å²) in [4.78, 5) is 21.8. The number of rotatable bonds is 4. The Morgan fingerprint density at radius 3 is 2.26 bits per heavy atom. The number of ether oxygens (including phenoxy) is 1. The highest BCUT2D eigenvalue weighted by Crippen LogP contribution is 2.31. The van der Waals surface area contributed by atoms with Crippen LogP contribution in [-0.2, 0) is 0 Å². The number of nitrogens with one attached hydrogen (secondary N) is 1. The van der Waals surface area contributed by atoms with E-state index in [1.54, 1.807) is 43.5 Å². The third-order valence-corrected chi connectivity index (χ3v) is 6.56. The molecule has 2 aromatic heterocycles. The van der Waals surface area contributed by atoms with Gasteiger partial charge in [-0.05, 0) is 72.4 Å². The minimum atomic E-state index is -0.260. The second-order valence-corrected chi connectivity index (χ2v) is 9.30. The molecule has 0 unspecified atom stereocenters. The average Bonchev–Trinajstić information content (AvgIpc) is 2.84. The molecule has 0 aliphatic carbocycles. The Bertz CT molecular complexity index is 1630. The molecule has 0 fully saturated rings. The number of benzene rings is 3. The van der Waals surface area contributed by atoms with Gasteiger partial charge in [0.25, 0.3) is 5.56 Å². The second kappa shape index (κ2) is 9.18. The van der Waals surface area contributed by atoms with E-state index < -0.39 is 0 Å². The van der Waals surface area contributed by atoms with Crippen molar-refractivity contribution in [2.24, 2.45) is 0 Å². The molecule has 168 valence electrons. The van der Waals surface area contributed by atoms with E-state index in [2.05, 4.69) is 20.9 Å². The molecule has 5 rings (SSSR count). The first-order chi connectivity index (χ1) is 16.4. The molecule has 0 radical (unpaired) electrons. The number of pyridine rings is 1. The maximum atomic E-state index is 13.8. The Labute approximate surface area is 213 Å². The van der Waals surface area contributed by atoms with Crippen LogP contribution >= 0.6 is 39.7 Å². The Morgan fingerprint density at radius 2 is 1.62 bits per heavy atom. The lowest BCUT2D eigenvalue weighted by Crippen LogP contribution is -2.21. The number of nitrogens with zero attached hydrogens (tertiary/aromatic N) is 2. The Kier molecular flexibility index (Phi) is 6.08. The molecule has 0 bridgehead atoms. The van der Waals surface area contributed by atoms with Crippen LogP contribution in [0.5, 0.6) is 5.75 Å². The molecular weight excluding hydrogens is 534 g/mol. The van der Waals surface area contributed by atoms with Gasteiger partial charge in [0.05, 0.1) is 23.9 Å². The van der Waals surface area contributed by atoms with Gasteiger partial charge >= 0.3 is 0 Å². The molecule has 0 aliphatic heterocycles. The SMILES string of the molecule is COc1ccc(-n2c(=S)[nH]c3nc(-c4ccc(Br)cc4)cc(-c4ccc(Cl)cc4)c3c2=O)cc1. The minimum absolute atomic E-state index is 0.255. The van der Waals surface area contributed by atoms with Gasteiger partial charge in [0.15, 0.2) is 4.77 Å². The van der Waals surface area contributed by atoms with E-state index in [1.807, 2.05) is 42.5 Å². The molecule has 0 spiro atoms. The van der Waals surface area contributed by atoms with Crippen LogP contribution in [0.1, 0.15) is 0 Å². The first-order valence-corrected chi connectivity index (χ1v) is 11.9. The maximum absolute atomic E-state index is 13.8. The van der Waals surface area contributed by atoms with Crippen LogP contribution in [0.4, 0.5) is 0 Å². The summed E-state index contributed by atoms with van der Waals surface area (Å²) < 4.78 is 7.93. The monoisotopic (exact) mass is 549 g/mol. The highest BCUT2D eigenvalue weighted by Gasteiger charge is 2.17. The van der Waals surface area contributed by atoms with E-state index in [0.29, 0.717) is 27.5 Å². The number of fused-ring (bicyclic) bond motifs is 1. The van der Waals surface area contributed by atoms with Crippen molar-refractivity contribution in [1.29, 1.82) is 0 Å². The smallest absolute Gasteiger partial charge is 0.269 e. The molecular formula is C26H17BrClN3O2S. The molecule has 3 aromatic carbocycles. The third kappa shape index (κ3) is 4.18. The first kappa shape index (κ1) is 22.5. The number of methoxy groups -OCH3 is 1. The Morgan fingerprint density at radius 1 is 0.971 bits per heavy atom. The van der Waals surface area contributed by atoms with Crippen molar-refractivity contribution >= 4 is 50.8 Å². The van der Waals surface area contributed by atoms with E-state index in [0.717, 1.165) is 26.9 Å². The number of H-pyrrole nitrogens is 1. The summed E-state index contributed by atoms with van der Waals surface area (Å²) in [6, 6.07) is 24.3. The quantitative estimate of drug-likeness (QED) is 0.240. The fraction of sp³-hybridized carbons (Fsp3) is 0.0385. The largest absolute Gasteiger partial charge is 0.497 e. The second-order valence-electron chi connectivity index (χ2n) is 7.56. The summed E-state index contributed by atoms with van der Waals surface area (Å²) in [6.07, 6.45) is 0. The molecule has 8 heteroatoms. The molecule has 0 saturated heterocycles. The zero-order valence-electron chi connectivity index (χ0n) is 17.9. The lowest BCUT2D eigenvalue weighted by atomic mass is 10.00. The molecule has 0 amide bonds. The molecule has 0 saturated carbocycles. The molecule has 5 nitrogen and oxygen atoms in total. The fourth-order valence-electron chi connectivity index (χ4n) is 3.80.